The molecular weight excluding hydrogens is 302 g/mol. The molecule has 5 nitrogen and oxygen atoms in total. The molecule has 0 radical (unpaired) electrons. The fourth-order valence-electron chi connectivity index (χ4n) is 1.68. The molecular formula is C16H13NO4S. The molecule has 0 saturated heterocycles. The highest BCUT2D eigenvalue weighted by molar-refractivity contribution is 7.90. The molecule has 0 aliphatic heterocycles. The van der Waals surface area contributed by atoms with E-state index in [4.69, 9.17) is 14.2 Å². The van der Waals surface area contributed by atoms with Crippen molar-refractivity contribution in [1.29, 1.82) is 5.26 Å². The first kappa shape index (κ1) is 15.6. The van der Waals surface area contributed by atoms with Gasteiger partial charge in [0.2, 0.25) is 0 Å². The molecule has 0 aliphatic carbocycles. The molecule has 0 atom stereocenters. The molecule has 2 aromatic carbocycles. The summed E-state index contributed by atoms with van der Waals surface area (Å²) in [5.74, 6) is 0.204. The van der Waals surface area contributed by atoms with E-state index in [-0.39, 0.29) is 11.5 Å². The third-order valence-corrected chi connectivity index (χ3v) is 3.61. The van der Waals surface area contributed by atoms with Crippen LogP contribution in [0.25, 0.3) is 6.08 Å². The fourth-order valence-corrected chi connectivity index (χ4v) is 2.45. The van der Waals surface area contributed by atoms with Crippen LogP contribution in [0.15, 0.2) is 53.9 Å². The van der Waals surface area contributed by atoms with Gasteiger partial charge in [-0.1, -0.05) is 30.3 Å². The second-order valence-electron chi connectivity index (χ2n) is 4.27. The number of hydrogen-bond donors (Lipinski definition) is 0. The van der Waals surface area contributed by atoms with Crippen LogP contribution in [0.3, 0.4) is 0 Å². The zero-order valence-corrected chi connectivity index (χ0v) is 12.6. The van der Waals surface area contributed by atoms with Crippen LogP contribution < -0.4 is 8.92 Å². The highest BCUT2D eigenvalue weighted by Gasteiger charge is 2.13. The summed E-state index contributed by atoms with van der Waals surface area (Å²) in [7, 11) is -2.56. The van der Waals surface area contributed by atoms with E-state index >= 15 is 0 Å². The minimum Gasteiger partial charge on any atom is -0.493 e. The first-order valence-electron chi connectivity index (χ1n) is 6.30. The molecule has 0 amide bonds. The average molecular weight is 315 g/mol. The Morgan fingerprint density at radius 3 is 2.45 bits per heavy atom. The van der Waals surface area contributed by atoms with Gasteiger partial charge in [-0.15, -0.1) is 0 Å². The molecule has 0 N–H and O–H groups in total. The van der Waals surface area contributed by atoms with Crippen LogP contribution in [0.1, 0.15) is 11.1 Å². The largest absolute Gasteiger partial charge is 0.493 e. The molecule has 0 aromatic heterocycles. The molecule has 0 fully saturated rings. The van der Waals surface area contributed by atoms with Crippen molar-refractivity contribution >= 4 is 16.2 Å². The summed E-state index contributed by atoms with van der Waals surface area (Å²) >= 11 is 0. The molecule has 0 aliphatic rings. The maximum Gasteiger partial charge on any atom is 0.332 e. The van der Waals surface area contributed by atoms with Crippen molar-refractivity contribution < 1.29 is 17.3 Å². The zero-order chi connectivity index (χ0) is 16.0. The standard InChI is InChI=1S/C16H13NO4S/c1-20-16-11-14(12-17)7-8-15(16)21-22(18,19)10-9-13-5-3-2-4-6-13/h2-11H,1H3/b10-9+. The summed E-state index contributed by atoms with van der Waals surface area (Å²) < 4.78 is 34.0. The highest BCUT2D eigenvalue weighted by Crippen LogP contribution is 2.29. The van der Waals surface area contributed by atoms with E-state index < -0.39 is 10.1 Å². The van der Waals surface area contributed by atoms with E-state index in [9.17, 15) is 8.42 Å². The summed E-state index contributed by atoms with van der Waals surface area (Å²) in [5, 5.41) is 9.79. The predicted octanol–water partition coefficient (Wildman–Crippen LogP) is 2.95. The van der Waals surface area contributed by atoms with Gasteiger partial charge in [0.25, 0.3) is 0 Å². The van der Waals surface area contributed by atoms with Gasteiger partial charge >= 0.3 is 10.1 Å². The molecule has 0 bridgehead atoms. The topological polar surface area (TPSA) is 76.4 Å². The monoisotopic (exact) mass is 315 g/mol. The number of nitrogens with zero attached hydrogens (tertiary/aromatic N) is 1. The lowest BCUT2D eigenvalue weighted by atomic mass is 10.2. The van der Waals surface area contributed by atoms with Gasteiger partial charge in [0.15, 0.2) is 11.5 Å². The van der Waals surface area contributed by atoms with Crippen molar-refractivity contribution in [3.8, 4) is 17.6 Å². The Hall–Kier alpha value is -2.78. The Bertz CT molecular complexity index is 821. The first-order valence-corrected chi connectivity index (χ1v) is 7.77. The molecule has 2 rings (SSSR count). The van der Waals surface area contributed by atoms with E-state index in [1.807, 2.05) is 12.1 Å². The first-order chi connectivity index (χ1) is 10.5. The van der Waals surface area contributed by atoms with Gasteiger partial charge in [0.1, 0.15) is 0 Å². The Morgan fingerprint density at radius 2 is 1.82 bits per heavy atom. The number of methoxy groups -OCH3 is 1. The van der Waals surface area contributed by atoms with Crippen LogP contribution in [-0.4, -0.2) is 15.5 Å². The number of ether oxygens (including phenoxy) is 1. The maximum absolute atomic E-state index is 12.0. The van der Waals surface area contributed by atoms with E-state index in [1.54, 1.807) is 24.3 Å². The molecule has 0 saturated carbocycles. The van der Waals surface area contributed by atoms with Gasteiger partial charge in [-0.05, 0) is 23.8 Å². The number of benzene rings is 2. The van der Waals surface area contributed by atoms with Gasteiger partial charge < -0.3 is 8.92 Å². The van der Waals surface area contributed by atoms with Crippen molar-refractivity contribution in [2.75, 3.05) is 7.11 Å². The van der Waals surface area contributed by atoms with Crippen LogP contribution >= 0.6 is 0 Å². The number of hydrogen-bond acceptors (Lipinski definition) is 5. The van der Waals surface area contributed by atoms with Crippen LogP contribution in [-0.2, 0) is 10.1 Å². The van der Waals surface area contributed by atoms with E-state index in [0.717, 1.165) is 11.0 Å². The molecule has 112 valence electrons. The minimum absolute atomic E-state index is 0.0270. The summed E-state index contributed by atoms with van der Waals surface area (Å²) in [4.78, 5) is 0. The molecule has 0 unspecified atom stereocenters. The highest BCUT2D eigenvalue weighted by atomic mass is 32.2. The van der Waals surface area contributed by atoms with Gasteiger partial charge in [-0.3, -0.25) is 0 Å². The van der Waals surface area contributed by atoms with Crippen LogP contribution in [0.5, 0.6) is 11.5 Å². The Morgan fingerprint density at radius 1 is 1.09 bits per heavy atom. The molecule has 2 aromatic rings. The van der Waals surface area contributed by atoms with Crippen molar-refractivity contribution in [3.05, 3.63) is 65.1 Å². The van der Waals surface area contributed by atoms with Gasteiger partial charge in [-0.2, -0.15) is 13.7 Å². The summed E-state index contributed by atoms with van der Waals surface area (Å²) in [6.45, 7) is 0. The Kier molecular flexibility index (Phi) is 4.81. The maximum atomic E-state index is 12.0. The molecule has 22 heavy (non-hydrogen) atoms. The predicted molar refractivity (Wildman–Crippen MR) is 82.7 cm³/mol. The summed E-state index contributed by atoms with van der Waals surface area (Å²) in [5.41, 5.74) is 1.09. The van der Waals surface area contributed by atoms with E-state index in [2.05, 4.69) is 0 Å². The second kappa shape index (κ2) is 6.78. The normalized spacial score (nSPS) is 11.1. The van der Waals surface area contributed by atoms with Crippen molar-refractivity contribution in [1.82, 2.24) is 0 Å². The molecule has 0 heterocycles. The van der Waals surface area contributed by atoms with E-state index in [0.29, 0.717) is 5.56 Å². The van der Waals surface area contributed by atoms with Crippen LogP contribution in [0.2, 0.25) is 0 Å². The van der Waals surface area contributed by atoms with Gasteiger partial charge in [-0.25, -0.2) is 0 Å². The lowest BCUT2D eigenvalue weighted by Gasteiger charge is -2.08. The second-order valence-corrected chi connectivity index (χ2v) is 5.69. The van der Waals surface area contributed by atoms with Crippen LogP contribution in [0.4, 0.5) is 0 Å². The minimum atomic E-state index is -3.93. The van der Waals surface area contributed by atoms with Crippen molar-refractivity contribution in [3.63, 3.8) is 0 Å². The van der Waals surface area contributed by atoms with Gasteiger partial charge in [0, 0.05) is 6.07 Å². The number of nitriles is 1. The van der Waals surface area contributed by atoms with Crippen LogP contribution in [0, 0.1) is 11.3 Å². The fraction of sp³-hybridized carbons (Fsp3) is 0.0625. The lowest BCUT2D eigenvalue weighted by Crippen LogP contribution is -2.06. The SMILES string of the molecule is COc1cc(C#N)ccc1OS(=O)(=O)/C=C/c1ccccc1. The smallest absolute Gasteiger partial charge is 0.332 e. The third-order valence-electron chi connectivity index (χ3n) is 2.73. The van der Waals surface area contributed by atoms with E-state index in [1.165, 1.54) is 31.4 Å². The lowest BCUT2D eigenvalue weighted by molar-refractivity contribution is 0.392. The zero-order valence-electron chi connectivity index (χ0n) is 11.8. The van der Waals surface area contributed by atoms with Crippen molar-refractivity contribution in [2.24, 2.45) is 0 Å². The summed E-state index contributed by atoms with van der Waals surface area (Å²) in [6.07, 6.45) is 1.44. The third kappa shape index (κ3) is 4.11. The Balaban J connectivity index is 2.22. The average Bonchev–Trinajstić information content (AvgIpc) is 2.54. The van der Waals surface area contributed by atoms with Gasteiger partial charge in [0.05, 0.1) is 24.2 Å². The Labute approximate surface area is 129 Å². The molecule has 0 spiro atoms. The summed E-state index contributed by atoms with van der Waals surface area (Å²) in [6, 6.07) is 15.2. The number of rotatable bonds is 5. The quantitative estimate of drug-likeness (QED) is 0.793. The molecule has 6 heteroatoms. The van der Waals surface area contributed by atoms with Crippen molar-refractivity contribution in [2.45, 2.75) is 0 Å².